The number of aliphatic hydroxyl groups is 1. The average Bonchev–Trinajstić information content (AvgIpc) is 3.46. The number of amides is 2. The number of likely N-dealkylation sites (tertiary alicyclic amines) is 1. The van der Waals surface area contributed by atoms with Gasteiger partial charge in [-0.15, -0.1) is 11.3 Å². The van der Waals surface area contributed by atoms with Crippen molar-refractivity contribution in [3.05, 3.63) is 65.9 Å². The molecular formula is C33H33FN6O6S. The van der Waals surface area contributed by atoms with E-state index in [0.717, 1.165) is 17.5 Å². The SMILES string of the molecule is COc1cnc2c(-c3nc4cc(F)c(O[C@@H](C)[C@@H](C)OC(=O)Nc5ccc(C(=O)N6CCC[C@H](O)C6)nc5)cc4s3)cc(C)cc2n1. The number of carbonyl (C=O) groups excluding carboxylic acids is 2. The molecule has 0 aliphatic carbocycles. The van der Waals surface area contributed by atoms with Crippen molar-refractivity contribution in [3.63, 3.8) is 0 Å². The van der Waals surface area contributed by atoms with Gasteiger partial charge in [-0.1, -0.05) is 0 Å². The molecule has 2 aromatic carbocycles. The monoisotopic (exact) mass is 660 g/mol. The number of thiazole rings is 1. The zero-order chi connectivity index (χ0) is 33.2. The predicted octanol–water partition coefficient (Wildman–Crippen LogP) is 5.76. The second kappa shape index (κ2) is 13.4. The summed E-state index contributed by atoms with van der Waals surface area (Å²) in [5.41, 5.74) is 4.07. The smallest absolute Gasteiger partial charge is 0.412 e. The minimum atomic E-state index is -0.762. The Hall–Kier alpha value is -4.95. The molecule has 5 aromatic rings. The number of carbonyl (C=O) groups is 2. The Kier molecular flexibility index (Phi) is 9.14. The van der Waals surface area contributed by atoms with E-state index in [1.807, 2.05) is 19.1 Å². The van der Waals surface area contributed by atoms with E-state index in [4.69, 9.17) is 14.2 Å². The van der Waals surface area contributed by atoms with Crippen LogP contribution >= 0.6 is 11.3 Å². The van der Waals surface area contributed by atoms with Crippen molar-refractivity contribution in [2.45, 2.75) is 51.9 Å². The maximum atomic E-state index is 15.2. The van der Waals surface area contributed by atoms with E-state index < -0.39 is 30.2 Å². The number of aliphatic hydroxyl groups excluding tert-OH is 1. The van der Waals surface area contributed by atoms with Crippen molar-refractivity contribution in [2.24, 2.45) is 0 Å². The van der Waals surface area contributed by atoms with Gasteiger partial charge in [0.15, 0.2) is 11.6 Å². The molecule has 0 unspecified atom stereocenters. The molecule has 14 heteroatoms. The summed E-state index contributed by atoms with van der Waals surface area (Å²) in [7, 11) is 1.53. The summed E-state index contributed by atoms with van der Waals surface area (Å²) in [6, 6.07) is 9.83. The average molecular weight is 661 g/mol. The van der Waals surface area contributed by atoms with Crippen molar-refractivity contribution >= 4 is 50.3 Å². The number of anilines is 1. The van der Waals surface area contributed by atoms with Crippen LogP contribution in [0.25, 0.3) is 31.8 Å². The number of benzene rings is 2. The summed E-state index contributed by atoms with van der Waals surface area (Å²) < 4.78 is 32.5. The van der Waals surface area contributed by atoms with E-state index in [1.54, 1.807) is 37.1 Å². The number of hydrogen-bond donors (Lipinski definition) is 2. The summed E-state index contributed by atoms with van der Waals surface area (Å²) >= 11 is 1.37. The molecule has 3 aromatic heterocycles. The van der Waals surface area contributed by atoms with Crippen LogP contribution in [0.2, 0.25) is 0 Å². The van der Waals surface area contributed by atoms with Crippen LogP contribution in [0.4, 0.5) is 14.9 Å². The third kappa shape index (κ3) is 7.08. The van der Waals surface area contributed by atoms with Crippen LogP contribution in [0, 0.1) is 12.7 Å². The van der Waals surface area contributed by atoms with Gasteiger partial charge in [-0.3, -0.25) is 10.1 Å². The topological polar surface area (TPSA) is 149 Å². The first-order chi connectivity index (χ1) is 22.6. The molecular weight excluding hydrogens is 627 g/mol. The molecule has 1 fully saturated rings. The van der Waals surface area contributed by atoms with E-state index >= 15 is 4.39 Å². The molecule has 47 heavy (non-hydrogen) atoms. The molecule has 0 saturated carbocycles. The Morgan fingerprint density at radius 2 is 1.91 bits per heavy atom. The van der Waals surface area contributed by atoms with Crippen LogP contribution in [-0.4, -0.2) is 80.5 Å². The Morgan fingerprint density at radius 3 is 2.66 bits per heavy atom. The minimum absolute atomic E-state index is 0.000339. The molecule has 0 radical (unpaired) electrons. The largest absolute Gasteiger partial charge is 0.484 e. The number of nitrogens with zero attached hydrogens (tertiary/aromatic N) is 5. The van der Waals surface area contributed by atoms with Gasteiger partial charge >= 0.3 is 6.09 Å². The van der Waals surface area contributed by atoms with E-state index in [0.29, 0.717) is 50.8 Å². The van der Waals surface area contributed by atoms with Crippen molar-refractivity contribution in [1.29, 1.82) is 0 Å². The Balaban J connectivity index is 1.10. The quantitative estimate of drug-likeness (QED) is 0.210. The number of aryl methyl sites for hydroxylation is 1. The maximum absolute atomic E-state index is 15.2. The standard InChI is InChI=1S/C33H33FN6O6S/c1-17-10-22(30-26(11-17)38-29(44-4)15-36-30)31-39-25-12-23(34)27(13-28(25)47-31)45-18(2)19(3)46-33(43)37-20-7-8-24(35-14-20)32(42)40-9-5-6-21(41)16-40/h7-8,10-15,18-19,21,41H,5-6,9,16H2,1-4H3,(H,37,43)/t18-,19+,21-/m0/s1. The number of hydrogen-bond acceptors (Lipinski definition) is 11. The van der Waals surface area contributed by atoms with Crippen LogP contribution in [0.1, 0.15) is 42.7 Å². The first-order valence-corrected chi connectivity index (χ1v) is 15.9. The van der Waals surface area contributed by atoms with Crippen molar-refractivity contribution in [1.82, 2.24) is 24.8 Å². The number of pyridine rings is 1. The molecule has 0 bridgehead atoms. The van der Waals surface area contributed by atoms with Gasteiger partial charge in [0.2, 0.25) is 5.88 Å². The van der Waals surface area contributed by atoms with Crippen molar-refractivity contribution in [2.75, 3.05) is 25.5 Å². The lowest BCUT2D eigenvalue weighted by molar-refractivity contribution is 0.0402. The molecule has 3 atom stereocenters. The molecule has 1 aliphatic rings. The molecule has 1 saturated heterocycles. The number of ether oxygens (including phenoxy) is 3. The lowest BCUT2D eigenvalue weighted by atomic mass is 10.1. The van der Waals surface area contributed by atoms with Crippen molar-refractivity contribution < 1.29 is 33.3 Å². The van der Waals surface area contributed by atoms with E-state index in [1.165, 1.54) is 36.8 Å². The Labute approximate surface area is 273 Å². The fourth-order valence-corrected chi connectivity index (χ4v) is 6.24. The second-order valence-electron chi connectivity index (χ2n) is 11.4. The molecule has 2 amide bonds. The normalized spacial score (nSPS) is 16.1. The van der Waals surface area contributed by atoms with Crippen LogP contribution in [0.3, 0.4) is 0 Å². The summed E-state index contributed by atoms with van der Waals surface area (Å²) in [5.74, 6) is -0.477. The zero-order valence-electron chi connectivity index (χ0n) is 26.2. The number of β-amino-alcohol motifs (C(OH)–C–C–N with tert-alkyl or cyclic N) is 1. The van der Waals surface area contributed by atoms with Gasteiger partial charge in [-0.05, 0) is 63.4 Å². The van der Waals surface area contributed by atoms with Crippen molar-refractivity contribution in [3.8, 4) is 22.2 Å². The molecule has 12 nitrogen and oxygen atoms in total. The number of piperidine rings is 1. The van der Waals surface area contributed by atoms with Gasteiger partial charge in [-0.25, -0.2) is 29.1 Å². The number of aromatic nitrogens is 4. The highest BCUT2D eigenvalue weighted by Gasteiger charge is 2.25. The third-order valence-electron chi connectivity index (χ3n) is 7.83. The molecule has 2 N–H and O–H groups in total. The summed E-state index contributed by atoms with van der Waals surface area (Å²) in [5, 5.41) is 13.1. The van der Waals surface area contributed by atoms with Crippen LogP contribution in [0.5, 0.6) is 11.6 Å². The van der Waals surface area contributed by atoms with E-state index in [-0.39, 0.29) is 23.9 Å². The van der Waals surface area contributed by atoms with Gasteiger partial charge in [0.05, 0.1) is 52.5 Å². The summed E-state index contributed by atoms with van der Waals surface area (Å²) in [6.45, 7) is 6.09. The molecule has 6 rings (SSSR count). The second-order valence-corrected chi connectivity index (χ2v) is 12.4. The van der Waals surface area contributed by atoms with Gasteiger partial charge < -0.3 is 24.2 Å². The number of fused-ring (bicyclic) bond motifs is 2. The number of halogens is 1. The minimum Gasteiger partial charge on any atom is -0.484 e. The first kappa shape index (κ1) is 32.0. The van der Waals surface area contributed by atoms with Crippen LogP contribution in [-0.2, 0) is 4.74 Å². The number of nitrogens with one attached hydrogen (secondary N) is 1. The highest BCUT2D eigenvalue weighted by atomic mass is 32.1. The summed E-state index contributed by atoms with van der Waals surface area (Å²) in [6.07, 6.45) is 1.54. The van der Waals surface area contributed by atoms with E-state index in [2.05, 4.69) is 25.3 Å². The van der Waals surface area contributed by atoms with Gasteiger partial charge in [0, 0.05) is 30.8 Å². The predicted molar refractivity (Wildman–Crippen MR) is 174 cm³/mol. The van der Waals surface area contributed by atoms with Crippen LogP contribution in [0.15, 0.2) is 48.8 Å². The number of methoxy groups -OCH3 is 1. The van der Waals surface area contributed by atoms with Gasteiger partial charge in [0.25, 0.3) is 5.91 Å². The molecule has 1 aliphatic heterocycles. The Morgan fingerprint density at radius 1 is 1.09 bits per heavy atom. The van der Waals surface area contributed by atoms with Gasteiger partial charge in [0.1, 0.15) is 22.9 Å². The number of rotatable bonds is 8. The third-order valence-corrected chi connectivity index (χ3v) is 8.88. The maximum Gasteiger partial charge on any atom is 0.412 e. The molecule has 0 spiro atoms. The zero-order valence-corrected chi connectivity index (χ0v) is 27.0. The fraction of sp³-hybridized carbons (Fsp3) is 0.333. The first-order valence-electron chi connectivity index (χ1n) is 15.1. The fourth-order valence-electron chi connectivity index (χ4n) is 5.25. The molecule has 244 valence electrons. The Bertz CT molecular complexity index is 1950. The highest BCUT2D eigenvalue weighted by molar-refractivity contribution is 7.21. The van der Waals surface area contributed by atoms with Crippen LogP contribution < -0.4 is 14.8 Å². The van der Waals surface area contributed by atoms with E-state index in [9.17, 15) is 14.7 Å². The lowest BCUT2D eigenvalue weighted by Gasteiger charge is -2.29. The molecule has 4 heterocycles. The highest BCUT2D eigenvalue weighted by Crippen LogP contribution is 2.37. The van der Waals surface area contributed by atoms with Gasteiger partial charge in [-0.2, -0.15) is 0 Å². The summed E-state index contributed by atoms with van der Waals surface area (Å²) in [4.78, 5) is 44.7. The lowest BCUT2D eigenvalue weighted by Crippen LogP contribution is -2.42.